The van der Waals surface area contributed by atoms with Crippen LogP contribution in [0.4, 0.5) is 0 Å². The standard InChI is InChI=1S/C13H12N.C12H9N3O.Ir/c1-10-3-6-12(7-4-10)13-8-5-11(2)9-14-13;16-12-14-9-5-1-2-6-10(9)15(12)11-7-3-4-8-13-11;/h3-6,8-9H,1-2H3;1-8H,(H,14,16);/q-1;;/i1D3,2D3;;. The van der Waals surface area contributed by atoms with Crippen molar-refractivity contribution < 1.29 is 33.4 Å². The van der Waals surface area contributed by atoms with E-state index in [2.05, 4.69) is 21.0 Å². The maximum absolute atomic E-state index is 9.80. The van der Waals surface area contributed by atoms with Crippen LogP contribution in [0.3, 0.4) is 0 Å². The fourth-order valence-electron chi connectivity index (χ4n) is 2.86. The molecule has 31 heavy (non-hydrogen) atoms. The number of hydrogen-bond donors (Lipinski definition) is 1. The topological polar surface area (TPSA) is 63.8 Å². The van der Waals surface area contributed by atoms with Gasteiger partial charge in [0.05, 0.1) is 11.0 Å². The summed E-state index contributed by atoms with van der Waals surface area (Å²) in [6.07, 6.45) is 2.98. The number of aromatic nitrogens is 4. The average molecular weight is 592 g/mol. The minimum atomic E-state index is -2.18. The Morgan fingerprint density at radius 2 is 1.71 bits per heavy atom. The van der Waals surface area contributed by atoms with Crippen molar-refractivity contribution in [3.8, 4) is 23.1 Å². The molecule has 5 aromatic rings. The molecule has 3 aromatic heterocycles. The van der Waals surface area contributed by atoms with Crippen molar-refractivity contribution in [2.75, 3.05) is 0 Å². The minimum Gasteiger partial charge on any atom is -0.480 e. The van der Waals surface area contributed by atoms with E-state index in [1.807, 2.05) is 42.5 Å². The maximum Gasteiger partial charge on any atom is 0.300 e. The number of para-hydroxylation sites is 2. The Hall–Kier alpha value is -3.34. The van der Waals surface area contributed by atoms with Crippen LogP contribution in [0.2, 0.25) is 0 Å². The number of imidazole rings is 1. The van der Waals surface area contributed by atoms with Gasteiger partial charge < -0.3 is 10.1 Å². The molecular weight excluding hydrogens is 565 g/mol. The van der Waals surface area contributed by atoms with E-state index in [4.69, 9.17) is 8.22 Å². The summed E-state index contributed by atoms with van der Waals surface area (Å²) >= 11 is 0. The van der Waals surface area contributed by atoms with Crippen molar-refractivity contribution in [2.45, 2.75) is 13.7 Å². The van der Waals surface area contributed by atoms with E-state index in [9.17, 15) is 5.11 Å². The van der Waals surface area contributed by atoms with Gasteiger partial charge >= 0.3 is 6.01 Å². The average Bonchev–Trinajstić information content (AvgIpc) is 3.20. The molecule has 0 fully saturated rings. The zero-order valence-electron chi connectivity index (χ0n) is 22.2. The van der Waals surface area contributed by atoms with Crippen LogP contribution >= 0.6 is 0 Å². The molecule has 1 radical (unpaired) electrons. The zero-order valence-corrected chi connectivity index (χ0v) is 18.5. The molecule has 5 nitrogen and oxygen atoms in total. The molecule has 0 aliphatic heterocycles. The van der Waals surface area contributed by atoms with Gasteiger partial charge in [-0.1, -0.05) is 37.2 Å². The molecular formula is C25H21IrN4O-. The van der Waals surface area contributed by atoms with Crippen LogP contribution < -0.4 is 0 Å². The Bertz CT molecular complexity index is 1400. The van der Waals surface area contributed by atoms with Crippen LogP contribution in [0.25, 0.3) is 28.1 Å². The van der Waals surface area contributed by atoms with Crippen molar-refractivity contribution in [2.24, 2.45) is 0 Å². The monoisotopic (exact) mass is 592 g/mol. The van der Waals surface area contributed by atoms with E-state index >= 15 is 0 Å². The number of rotatable bonds is 2. The second-order valence-electron chi connectivity index (χ2n) is 6.35. The SMILES string of the molecule is Oc1nc2ccccc2n1-c1ccccn1.[2H]C([2H])([2H])c1c[c-]c(-c2ccc(C([2H])([2H])[2H])cn2)cc1.[Ir]. The molecule has 0 unspecified atom stereocenters. The first-order valence-electron chi connectivity index (χ1n) is 12.1. The minimum absolute atomic E-state index is 0. The number of nitrogens with zero attached hydrogens (tertiary/aromatic N) is 4. The van der Waals surface area contributed by atoms with Crippen LogP contribution in [-0.2, 0) is 20.1 Å². The third-order valence-corrected chi connectivity index (χ3v) is 4.27. The first-order valence-corrected chi connectivity index (χ1v) is 9.11. The van der Waals surface area contributed by atoms with Gasteiger partial charge in [-0.2, -0.15) is 4.98 Å². The largest absolute Gasteiger partial charge is 0.480 e. The van der Waals surface area contributed by atoms with E-state index in [1.54, 1.807) is 22.9 Å². The van der Waals surface area contributed by atoms with E-state index in [0.717, 1.165) is 11.0 Å². The summed E-state index contributed by atoms with van der Waals surface area (Å²) in [5.41, 5.74) is 3.15. The van der Waals surface area contributed by atoms with Crippen LogP contribution in [0, 0.1) is 19.8 Å². The number of benzene rings is 2. The second kappa shape index (κ2) is 10.1. The van der Waals surface area contributed by atoms with Gasteiger partial charge in [0.15, 0.2) is 0 Å². The molecule has 0 bridgehead atoms. The summed E-state index contributed by atoms with van der Waals surface area (Å²) in [6, 6.07) is 23.5. The normalized spacial score (nSPS) is 13.8. The quantitative estimate of drug-likeness (QED) is 0.284. The van der Waals surface area contributed by atoms with Crippen molar-refractivity contribution >= 4 is 11.0 Å². The molecule has 0 saturated carbocycles. The molecule has 157 valence electrons. The molecule has 6 heteroatoms. The van der Waals surface area contributed by atoms with Crippen molar-refractivity contribution in [1.82, 2.24) is 19.5 Å². The van der Waals surface area contributed by atoms with E-state index in [1.165, 1.54) is 24.4 Å². The van der Waals surface area contributed by atoms with Gasteiger partial charge in [-0.3, -0.25) is 0 Å². The third kappa shape index (κ3) is 5.23. The Morgan fingerprint density at radius 1 is 0.903 bits per heavy atom. The molecule has 0 spiro atoms. The van der Waals surface area contributed by atoms with Gasteiger partial charge in [-0.15, -0.1) is 35.4 Å². The van der Waals surface area contributed by atoms with Gasteiger partial charge in [-0.25, -0.2) is 9.55 Å². The summed E-state index contributed by atoms with van der Waals surface area (Å²) in [4.78, 5) is 12.3. The number of pyridine rings is 2. The van der Waals surface area contributed by atoms with Gasteiger partial charge in [0.2, 0.25) is 0 Å². The van der Waals surface area contributed by atoms with Crippen LogP contribution in [0.5, 0.6) is 6.01 Å². The number of hydrogen-bond acceptors (Lipinski definition) is 4. The predicted octanol–water partition coefficient (Wildman–Crippen LogP) is 5.29. The van der Waals surface area contributed by atoms with Gasteiger partial charge in [0.25, 0.3) is 0 Å². The van der Waals surface area contributed by atoms with E-state index in [-0.39, 0.29) is 37.2 Å². The van der Waals surface area contributed by atoms with Crippen LogP contribution in [0.15, 0.2) is 85.2 Å². The smallest absolute Gasteiger partial charge is 0.300 e. The Morgan fingerprint density at radius 3 is 2.39 bits per heavy atom. The number of aryl methyl sites for hydroxylation is 2. The molecule has 0 aliphatic rings. The summed E-state index contributed by atoms with van der Waals surface area (Å²) in [5.74, 6) is 0.661. The molecule has 5 rings (SSSR count). The van der Waals surface area contributed by atoms with Crippen LogP contribution in [-0.4, -0.2) is 24.6 Å². The summed E-state index contributed by atoms with van der Waals surface area (Å²) in [5, 5.41) is 9.80. The molecule has 1 N–H and O–H groups in total. The molecule has 0 aliphatic carbocycles. The zero-order chi connectivity index (χ0) is 25.9. The predicted molar refractivity (Wildman–Crippen MR) is 119 cm³/mol. The summed E-state index contributed by atoms with van der Waals surface area (Å²) in [6.45, 7) is -4.34. The molecule has 0 saturated heterocycles. The molecule has 2 aromatic carbocycles. The second-order valence-corrected chi connectivity index (χ2v) is 6.35. The first-order chi connectivity index (χ1) is 17.0. The Kier molecular flexibility index (Phi) is 5.04. The molecule has 0 amide bonds. The fourth-order valence-corrected chi connectivity index (χ4v) is 2.86. The van der Waals surface area contributed by atoms with Crippen molar-refractivity contribution in [3.63, 3.8) is 0 Å². The number of fused-ring (bicyclic) bond motifs is 1. The number of aromatic hydroxyl groups is 1. The van der Waals surface area contributed by atoms with E-state index < -0.39 is 13.7 Å². The van der Waals surface area contributed by atoms with E-state index in [0.29, 0.717) is 17.1 Å². The maximum atomic E-state index is 9.80. The summed E-state index contributed by atoms with van der Waals surface area (Å²) in [7, 11) is 0. The third-order valence-electron chi connectivity index (χ3n) is 4.27. The van der Waals surface area contributed by atoms with Crippen molar-refractivity contribution in [3.05, 3.63) is 102 Å². The van der Waals surface area contributed by atoms with Gasteiger partial charge in [-0.05, 0) is 42.4 Å². The van der Waals surface area contributed by atoms with Crippen LogP contribution in [0.1, 0.15) is 19.4 Å². The Labute approximate surface area is 203 Å². The summed E-state index contributed by atoms with van der Waals surface area (Å²) < 4.78 is 45.3. The van der Waals surface area contributed by atoms with Crippen molar-refractivity contribution in [1.29, 1.82) is 0 Å². The first kappa shape index (κ1) is 15.5. The van der Waals surface area contributed by atoms with Gasteiger partial charge in [0.1, 0.15) is 5.82 Å². The van der Waals surface area contributed by atoms with Gasteiger partial charge in [0, 0.05) is 40.7 Å². The Balaban J connectivity index is 0.000000204. The molecule has 3 heterocycles. The molecule has 0 atom stereocenters. The fraction of sp³-hybridized carbons (Fsp3) is 0.0800.